The first-order valence-electron chi connectivity index (χ1n) is 4.48. The van der Waals surface area contributed by atoms with E-state index in [1.54, 1.807) is 12.1 Å². The summed E-state index contributed by atoms with van der Waals surface area (Å²) in [6.45, 7) is 2.26. The first-order valence-corrected chi connectivity index (χ1v) is 4.48. The molecule has 5 nitrogen and oxygen atoms in total. The van der Waals surface area contributed by atoms with Gasteiger partial charge in [0.2, 0.25) is 5.91 Å². The third kappa shape index (κ3) is 7.48. The number of aryl methyl sites for hydroxylation is 1. The van der Waals surface area contributed by atoms with Gasteiger partial charge >= 0.3 is 0 Å². The van der Waals surface area contributed by atoms with E-state index in [0.29, 0.717) is 5.75 Å². The Morgan fingerprint density at radius 1 is 1.40 bits per heavy atom. The number of hydrogen-bond donors (Lipinski definition) is 4. The predicted molar refractivity (Wildman–Crippen MR) is 56.4 cm³/mol. The van der Waals surface area contributed by atoms with Gasteiger partial charge in [-0.15, -0.1) is 0 Å². The van der Waals surface area contributed by atoms with Crippen LogP contribution in [0.2, 0.25) is 0 Å². The normalized spacial score (nSPS) is 8.73. The van der Waals surface area contributed by atoms with Gasteiger partial charge in [-0.05, 0) is 19.1 Å². The third-order valence-electron chi connectivity index (χ3n) is 1.53. The summed E-state index contributed by atoms with van der Waals surface area (Å²) in [5, 5.41) is 16.6. The largest absolute Gasteiger partial charge is 0.508 e. The molecule has 0 aromatic heterocycles. The number of nitrogens with one attached hydrogen (secondary N) is 1. The molecule has 0 aliphatic carbocycles. The molecule has 0 radical (unpaired) electrons. The molecule has 5 heteroatoms. The molecule has 0 saturated carbocycles. The Balaban J connectivity index is 0.000000265. The van der Waals surface area contributed by atoms with Gasteiger partial charge in [-0.2, -0.15) is 0 Å². The van der Waals surface area contributed by atoms with Gasteiger partial charge in [-0.1, -0.05) is 17.7 Å². The summed E-state index contributed by atoms with van der Waals surface area (Å²) in [4.78, 5) is 9.97. The molecular formula is C10H16N2O3. The van der Waals surface area contributed by atoms with E-state index in [1.165, 1.54) is 11.0 Å². The topological polar surface area (TPSA) is 95.6 Å². The number of rotatable bonds is 2. The molecule has 1 aromatic rings. The van der Waals surface area contributed by atoms with Gasteiger partial charge in [0.1, 0.15) is 5.75 Å². The van der Waals surface area contributed by atoms with E-state index in [9.17, 15) is 4.79 Å². The van der Waals surface area contributed by atoms with E-state index in [-0.39, 0.29) is 13.0 Å². The highest BCUT2D eigenvalue weighted by atomic mass is 16.5. The lowest BCUT2D eigenvalue weighted by molar-refractivity contribution is -0.128. The van der Waals surface area contributed by atoms with Crippen LogP contribution in [0.15, 0.2) is 24.3 Å². The Morgan fingerprint density at radius 3 is 2.20 bits per heavy atom. The Kier molecular flexibility index (Phi) is 6.96. The maximum Gasteiger partial charge on any atom is 0.244 e. The molecule has 15 heavy (non-hydrogen) atoms. The van der Waals surface area contributed by atoms with Crippen LogP contribution < -0.4 is 11.2 Å². The average Bonchev–Trinajstić information content (AvgIpc) is 2.24. The molecule has 1 aromatic carbocycles. The summed E-state index contributed by atoms with van der Waals surface area (Å²) in [6, 6.07) is 7.09. The van der Waals surface area contributed by atoms with Crippen molar-refractivity contribution in [1.82, 2.24) is 5.48 Å². The van der Waals surface area contributed by atoms with Crippen LogP contribution in [0, 0.1) is 6.92 Å². The highest BCUT2D eigenvalue weighted by Gasteiger charge is 1.91. The molecule has 0 aliphatic heterocycles. The predicted octanol–water partition coefficient (Wildman–Crippen LogP) is 0.541. The fourth-order valence-electron chi connectivity index (χ4n) is 0.732. The zero-order valence-corrected chi connectivity index (χ0v) is 8.60. The minimum atomic E-state index is -0.442. The van der Waals surface area contributed by atoms with E-state index < -0.39 is 5.91 Å². The van der Waals surface area contributed by atoms with Crippen molar-refractivity contribution in [3.8, 4) is 5.75 Å². The average molecular weight is 212 g/mol. The highest BCUT2D eigenvalue weighted by Crippen LogP contribution is 2.07. The van der Waals surface area contributed by atoms with Crippen LogP contribution in [0.4, 0.5) is 0 Å². The van der Waals surface area contributed by atoms with Crippen molar-refractivity contribution in [2.24, 2.45) is 5.73 Å². The lowest BCUT2D eigenvalue weighted by atomic mass is 10.2. The lowest BCUT2D eigenvalue weighted by Crippen LogP contribution is -2.21. The molecular weight excluding hydrogens is 196 g/mol. The molecule has 0 saturated heterocycles. The second kappa shape index (κ2) is 7.78. The second-order valence-corrected chi connectivity index (χ2v) is 2.91. The van der Waals surface area contributed by atoms with Gasteiger partial charge in [0.05, 0.1) is 0 Å². The van der Waals surface area contributed by atoms with Gasteiger partial charge in [0.25, 0.3) is 0 Å². The third-order valence-corrected chi connectivity index (χ3v) is 1.53. The Labute approximate surface area is 88.5 Å². The number of phenols is 1. The standard InChI is InChI=1S/C7H8O.C3H8N2O2/c1-6-2-4-7(8)5-3-6;4-2-1-3(6)5-7/h2-5,8H,1H3;7H,1-2,4H2,(H,5,6). The summed E-state index contributed by atoms with van der Waals surface area (Å²) in [6.07, 6.45) is 0.177. The number of amides is 1. The van der Waals surface area contributed by atoms with Crippen LogP contribution in [0.25, 0.3) is 0 Å². The molecule has 0 heterocycles. The van der Waals surface area contributed by atoms with Gasteiger partial charge in [0.15, 0.2) is 0 Å². The summed E-state index contributed by atoms with van der Waals surface area (Å²) in [5.41, 5.74) is 7.55. The lowest BCUT2D eigenvalue weighted by Gasteiger charge is -1.90. The molecule has 0 unspecified atom stereocenters. The number of hydrogen-bond acceptors (Lipinski definition) is 4. The molecule has 84 valence electrons. The van der Waals surface area contributed by atoms with E-state index >= 15 is 0 Å². The van der Waals surface area contributed by atoms with Crippen molar-refractivity contribution in [3.63, 3.8) is 0 Å². The zero-order valence-electron chi connectivity index (χ0n) is 8.60. The first kappa shape index (κ1) is 13.4. The molecule has 0 bridgehead atoms. The molecule has 0 atom stereocenters. The van der Waals surface area contributed by atoms with Crippen LogP contribution in [0.3, 0.4) is 0 Å². The Morgan fingerprint density at radius 2 is 1.93 bits per heavy atom. The maximum absolute atomic E-state index is 9.97. The van der Waals surface area contributed by atoms with Crippen molar-refractivity contribution in [2.45, 2.75) is 13.3 Å². The van der Waals surface area contributed by atoms with Crippen molar-refractivity contribution in [3.05, 3.63) is 29.8 Å². The van der Waals surface area contributed by atoms with Gasteiger partial charge in [-0.3, -0.25) is 10.0 Å². The number of carbonyl (C=O) groups excluding carboxylic acids is 1. The zero-order chi connectivity index (χ0) is 11.7. The summed E-state index contributed by atoms with van der Waals surface area (Å²) in [5.74, 6) is -0.113. The summed E-state index contributed by atoms with van der Waals surface area (Å²) in [7, 11) is 0. The number of nitrogens with two attached hydrogens (primary N) is 1. The van der Waals surface area contributed by atoms with Crippen molar-refractivity contribution < 1.29 is 15.1 Å². The van der Waals surface area contributed by atoms with Crippen molar-refractivity contribution in [2.75, 3.05) is 6.54 Å². The maximum atomic E-state index is 9.97. The number of hydroxylamine groups is 1. The fraction of sp³-hybridized carbons (Fsp3) is 0.300. The minimum Gasteiger partial charge on any atom is -0.508 e. The van der Waals surface area contributed by atoms with Crippen molar-refractivity contribution in [1.29, 1.82) is 0 Å². The molecule has 0 aliphatic rings. The quantitative estimate of drug-likeness (QED) is 0.425. The molecule has 0 fully saturated rings. The van der Waals surface area contributed by atoms with Crippen LogP contribution in [0.1, 0.15) is 12.0 Å². The van der Waals surface area contributed by atoms with Crippen LogP contribution in [-0.4, -0.2) is 22.8 Å². The number of carbonyl (C=O) groups is 1. The van der Waals surface area contributed by atoms with E-state index in [0.717, 1.165) is 0 Å². The number of benzene rings is 1. The second-order valence-electron chi connectivity index (χ2n) is 2.91. The van der Waals surface area contributed by atoms with Gasteiger partial charge in [0, 0.05) is 13.0 Å². The minimum absolute atomic E-state index is 0.177. The fourth-order valence-corrected chi connectivity index (χ4v) is 0.732. The van der Waals surface area contributed by atoms with E-state index in [4.69, 9.17) is 16.0 Å². The summed E-state index contributed by atoms with van der Waals surface area (Å²) < 4.78 is 0. The Hall–Kier alpha value is -1.59. The smallest absolute Gasteiger partial charge is 0.244 e. The number of phenolic OH excluding ortho intramolecular Hbond substituents is 1. The van der Waals surface area contributed by atoms with Gasteiger partial charge in [-0.25, -0.2) is 5.48 Å². The molecule has 5 N–H and O–H groups in total. The van der Waals surface area contributed by atoms with Crippen molar-refractivity contribution >= 4 is 5.91 Å². The van der Waals surface area contributed by atoms with Gasteiger partial charge < -0.3 is 10.8 Å². The SMILES string of the molecule is Cc1ccc(O)cc1.NCCC(=O)NO. The molecule has 1 rings (SSSR count). The number of aromatic hydroxyl groups is 1. The molecule has 0 spiro atoms. The molecule has 1 amide bonds. The summed E-state index contributed by atoms with van der Waals surface area (Å²) >= 11 is 0. The first-order chi connectivity index (χ1) is 7.10. The Bertz CT molecular complexity index is 264. The van der Waals surface area contributed by atoms with Crippen LogP contribution >= 0.6 is 0 Å². The van der Waals surface area contributed by atoms with E-state index in [2.05, 4.69) is 0 Å². The van der Waals surface area contributed by atoms with Crippen LogP contribution in [0.5, 0.6) is 5.75 Å². The van der Waals surface area contributed by atoms with Crippen LogP contribution in [-0.2, 0) is 4.79 Å². The van der Waals surface area contributed by atoms with E-state index in [1.807, 2.05) is 19.1 Å². The monoisotopic (exact) mass is 212 g/mol. The highest BCUT2D eigenvalue weighted by molar-refractivity contribution is 5.74.